The predicted molar refractivity (Wildman–Crippen MR) is 97.7 cm³/mol. The lowest BCUT2D eigenvalue weighted by atomic mass is 10.1. The second-order valence-corrected chi connectivity index (χ2v) is 6.06. The molecule has 0 unspecified atom stereocenters. The molecule has 0 fully saturated rings. The summed E-state index contributed by atoms with van der Waals surface area (Å²) in [5.74, 6) is -0.376. The Morgan fingerprint density at radius 2 is 1.68 bits per heavy atom. The van der Waals surface area contributed by atoms with E-state index in [0.29, 0.717) is 23.7 Å². The highest BCUT2D eigenvalue weighted by atomic mass is 19.1. The van der Waals surface area contributed by atoms with E-state index in [1.54, 1.807) is 42.5 Å². The summed E-state index contributed by atoms with van der Waals surface area (Å²) in [6.07, 6.45) is 2.97. The fraction of sp³-hybridized carbons (Fsp3) is 0.200. The van der Waals surface area contributed by atoms with Crippen LogP contribution in [0.25, 0.3) is 6.08 Å². The van der Waals surface area contributed by atoms with E-state index in [4.69, 9.17) is 0 Å². The molecule has 4 nitrogen and oxygen atoms in total. The number of nitrogens with one attached hydrogen (secondary N) is 2. The summed E-state index contributed by atoms with van der Waals surface area (Å²) in [5, 5.41) is 5.55. The van der Waals surface area contributed by atoms with Crippen LogP contribution >= 0.6 is 0 Å². The number of carbonyl (C=O) groups is 2. The zero-order valence-corrected chi connectivity index (χ0v) is 14.3. The molecule has 2 aromatic carbocycles. The van der Waals surface area contributed by atoms with Crippen molar-refractivity contribution in [3.05, 3.63) is 71.6 Å². The topological polar surface area (TPSA) is 58.2 Å². The molecule has 0 saturated carbocycles. The molecule has 2 N–H and O–H groups in total. The average Bonchev–Trinajstić information content (AvgIpc) is 2.60. The third-order valence-electron chi connectivity index (χ3n) is 3.38. The average molecular weight is 340 g/mol. The van der Waals surface area contributed by atoms with Crippen LogP contribution in [0, 0.1) is 11.7 Å². The summed E-state index contributed by atoms with van der Waals surface area (Å²) in [7, 11) is 0. The van der Waals surface area contributed by atoms with Crippen LogP contribution in [0.2, 0.25) is 0 Å². The van der Waals surface area contributed by atoms with Gasteiger partial charge in [0.1, 0.15) is 5.82 Å². The summed E-state index contributed by atoms with van der Waals surface area (Å²) in [6.45, 7) is 4.67. The zero-order chi connectivity index (χ0) is 18.2. The SMILES string of the molecule is CC(C)CNC(=O)c1ccc(NC(=O)/C=C/c2ccc(F)cc2)cc1. The maximum Gasteiger partial charge on any atom is 0.251 e. The van der Waals surface area contributed by atoms with E-state index >= 15 is 0 Å². The molecule has 0 bridgehead atoms. The van der Waals surface area contributed by atoms with Crippen LogP contribution in [-0.2, 0) is 4.79 Å². The van der Waals surface area contributed by atoms with Gasteiger partial charge in [-0.15, -0.1) is 0 Å². The minimum Gasteiger partial charge on any atom is -0.352 e. The van der Waals surface area contributed by atoms with Gasteiger partial charge in [0.05, 0.1) is 0 Å². The number of hydrogen-bond acceptors (Lipinski definition) is 2. The molecular formula is C20H21FN2O2. The zero-order valence-electron chi connectivity index (χ0n) is 14.3. The second-order valence-electron chi connectivity index (χ2n) is 6.06. The van der Waals surface area contributed by atoms with Crippen LogP contribution in [0.3, 0.4) is 0 Å². The van der Waals surface area contributed by atoms with Gasteiger partial charge in [-0.25, -0.2) is 4.39 Å². The predicted octanol–water partition coefficient (Wildman–Crippen LogP) is 3.86. The molecule has 0 saturated heterocycles. The molecule has 0 aliphatic heterocycles. The minimum atomic E-state index is -0.320. The minimum absolute atomic E-state index is 0.136. The molecule has 5 heteroatoms. The summed E-state index contributed by atoms with van der Waals surface area (Å²) < 4.78 is 12.8. The molecule has 0 radical (unpaired) electrons. The van der Waals surface area contributed by atoms with Gasteiger partial charge < -0.3 is 10.6 Å². The Balaban J connectivity index is 1.90. The fourth-order valence-corrected chi connectivity index (χ4v) is 2.03. The quantitative estimate of drug-likeness (QED) is 0.785. The van der Waals surface area contributed by atoms with Gasteiger partial charge in [-0.05, 0) is 54.0 Å². The van der Waals surface area contributed by atoms with E-state index in [-0.39, 0.29) is 17.6 Å². The Hall–Kier alpha value is -2.95. The normalized spacial score (nSPS) is 10.9. The van der Waals surface area contributed by atoms with Crippen LogP contribution < -0.4 is 10.6 Å². The Labute approximate surface area is 146 Å². The number of benzene rings is 2. The number of rotatable bonds is 6. The highest BCUT2D eigenvalue weighted by molar-refractivity contribution is 6.02. The number of halogens is 1. The number of carbonyl (C=O) groups excluding carboxylic acids is 2. The van der Waals surface area contributed by atoms with Crippen molar-refractivity contribution >= 4 is 23.6 Å². The maximum absolute atomic E-state index is 12.8. The number of hydrogen-bond donors (Lipinski definition) is 2. The van der Waals surface area contributed by atoms with Gasteiger partial charge in [0, 0.05) is 23.9 Å². The van der Waals surface area contributed by atoms with Crippen molar-refractivity contribution in [2.24, 2.45) is 5.92 Å². The van der Waals surface area contributed by atoms with Crippen molar-refractivity contribution in [1.29, 1.82) is 0 Å². The Kier molecular flexibility index (Phi) is 6.46. The van der Waals surface area contributed by atoms with Crippen molar-refractivity contribution < 1.29 is 14.0 Å². The van der Waals surface area contributed by atoms with Gasteiger partial charge in [-0.3, -0.25) is 9.59 Å². The number of anilines is 1. The van der Waals surface area contributed by atoms with E-state index in [2.05, 4.69) is 10.6 Å². The van der Waals surface area contributed by atoms with Crippen LogP contribution in [0.1, 0.15) is 29.8 Å². The van der Waals surface area contributed by atoms with Gasteiger partial charge in [0.2, 0.25) is 5.91 Å². The Bertz CT molecular complexity index is 750. The van der Waals surface area contributed by atoms with Crippen LogP contribution in [0.5, 0.6) is 0 Å². The summed E-state index contributed by atoms with van der Waals surface area (Å²) in [5.41, 5.74) is 1.86. The van der Waals surface area contributed by atoms with Gasteiger partial charge in [0.25, 0.3) is 5.91 Å². The van der Waals surface area contributed by atoms with Gasteiger partial charge in [-0.2, -0.15) is 0 Å². The van der Waals surface area contributed by atoms with E-state index in [1.807, 2.05) is 13.8 Å². The van der Waals surface area contributed by atoms with Gasteiger partial charge in [-0.1, -0.05) is 26.0 Å². The molecule has 2 amide bonds. The van der Waals surface area contributed by atoms with Crippen molar-refractivity contribution in [3.8, 4) is 0 Å². The maximum atomic E-state index is 12.8. The molecule has 25 heavy (non-hydrogen) atoms. The molecule has 0 spiro atoms. The first-order chi connectivity index (χ1) is 11.9. The molecule has 0 aliphatic rings. The smallest absolute Gasteiger partial charge is 0.251 e. The van der Waals surface area contributed by atoms with E-state index in [1.165, 1.54) is 18.2 Å². The Morgan fingerprint density at radius 1 is 1.04 bits per heavy atom. The van der Waals surface area contributed by atoms with Crippen molar-refractivity contribution in [2.75, 3.05) is 11.9 Å². The first kappa shape index (κ1) is 18.4. The van der Waals surface area contributed by atoms with Crippen molar-refractivity contribution in [1.82, 2.24) is 5.32 Å². The molecule has 0 aromatic heterocycles. The second kappa shape index (κ2) is 8.78. The lowest BCUT2D eigenvalue weighted by molar-refractivity contribution is -0.111. The van der Waals surface area contributed by atoms with Crippen molar-refractivity contribution in [2.45, 2.75) is 13.8 Å². The highest BCUT2D eigenvalue weighted by Gasteiger charge is 2.06. The molecular weight excluding hydrogens is 319 g/mol. The molecule has 0 aliphatic carbocycles. The van der Waals surface area contributed by atoms with E-state index < -0.39 is 0 Å². The van der Waals surface area contributed by atoms with Crippen LogP contribution in [0.15, 0.2) is 54.6 Å². The third-order valence-corrected chi connectivity index (χ3v) is 3.38. The van der Waals surface area contributed by atoms with Crippen LogP contribution in [0.4, 0.5) is 10.1 Å². The molecule has 2 aromatic rings. The standard InChI is InChI=1S/C20H21FN2O2/c1-14(2)13-22-20(25)16-6-10-18(11-7-16)23-19(24)12-5-15-3-8-17(21)9-4-15/h3-12,14H,13H2,1-2H3,(H,22,25)(H,23,24)/b12-5+. The highest BCUT2D eigenvalue weighted by Crippen LogP contribution is 2.10. The van der Waals surface area contributed by atoms with Gasteiger partial charge >= 0.3 is 0 Å². The largest absolute Gasteiger partial charge is 0.352 e. The monoisotopic (exact) mass is 340 g/mol. The summed E-state index contributed by atoms with van der Waals surface area (Å²) in [4.78, 5) is 23.8. The molecule has 2 rings (SSSR count). The summed E-state index contributed by atoms with van der Waals surface area (Å²) >= 11 is 0. The Morgan fingerprint density at radius 3 is 2.28 bits per heavy atom. The first-order valence-corrected chi connectivity index (χ1v) is 8.07. The molecule has 130 valence electrons. The molecule has 0 heterocycles. The van der Waals surface area contributed by atoms with Gasteiger partial charge in [0.15, 0.2) is 0 Å². The fourth-order valence-electron chi connectivity index (χ4n) is 2.03. The molecule has 0 atom stereocenters. The number of amides is 2. The van der Waals surface area contributed by atoms with E-state index in [0.717, 1.165) is 5.56 Å². The first-order valence-electron chi connectivity index (χ1n) is 8.07. The van der Waals surface area contributed by atoms with E-state index in [9.17, 15) is 14.0 Å². The third kappa shape index (κ3) is 6.22. The van der Waals surface area contributed by atoms with Crippen LogP contribution in [-0.4, -0.2) is 18.4 Å². The lowest BCUT2D eigenvalue weighted by Crippen LogP contribution is -2.27. The lowest BCUT2D eigenvalue weighted by Gasteiger charge is -2.08. The van der Waals surface area contributed by atoms with Crippen molar-refractivity contribution in [3.63, 3.8) is 0 Å². The summed E-state index contributed by atoms with van der Waals surface area (Å²) in [6, 6.07) is 12.5.